The van der Waals surface area contributed by atoms with E-state index in [1.165, 1.54) is 14.2 Å². The fourth-order valence-corrected chi connectivity index (χ4v) is 3.15. The average Bonchev–Trinajstić information content (AvgIpc) is 2.62. The van der Waals surface area contributed by atoms with Crippen LogP contribution in [-0.2, 0) is 4.79 Å². The molecule has 0 aromatic heterocycles. The summed E-state index contributed by atoms with van der Waals surface area (Å²) < 4.78 is 16.6. The monoisotopic (exact) mass is 420 g/mol. The molecule has 1 aliphatic heterocycles. The van der Waals surface area contributed by atoms with Gasteiger partial charge in [0.1, 0.15) is 17.2 Å². The zero-order valence-corrected chi connectivity index (χ0v) is 16.0. The summed E-state index contributed by atoms with van der Waals surface area (Å²) in [6.07, 6.45) is -0.554. The van der Waals surface area contributed by atoms with Crippen molar-refractivity contribution in [1.82, 2.24) is 0 Å². The molecular formula is C18H17BrN2O5. The quantitative estimate of drug-likeness (QED) is 0.790. The van der Waals surface area contributed by atoms with Crippen LogP contribution < -0.4 is 24.8 Å². The number of halogens is 1. The normalized spacial score (nSPS) is 15.4. The Bertz CT molecular complexity index is 884. The van der Waals surface area contributed by atoms with Crippen molar-refractivity contribution in [3.63, 3.8) is 0 Å². The van der Waals surface area contributed by atoms with Crippen LogP contribution in [0.5, 0.6) is 17.2 Å². The van der Waals surface area contributed by atoms with Crippen molar-refractivity contribution in [1.29, 1.82) is 0 Å². The second-order valence-corrected chi connectivity index (χ2v) is 6.46. The number of rotatable bonds is 4. The Labute approximate surface area is 158 Å². The van der Waals surface area contributed by atoms with Crippen LogP contribution in [0.1, 0.15) is 17.3 Å². The maximum Gasteiger partial charge on any atom is 0.265 e. The highest BCUT2D eigenvalue weighted by molar-refractivity contribution is 9.10. The Morgan fingerprint density at radius 3 is 2.69 bits per heavy atom. The maximum absolute atomic E-state index is 12.7. The molecule has 0 bridgehead atoms. The first kappa shape index (κ1) is 18.1. The highest BCUT2D eigenvalue weighted by Gasteiger charge is 2.24. The highest BCUT2D eigenvalue weighted by atomic mass is 79.9. The minimum absolute atomic E-state index is 0.237. The lowest BCUT2D eigenvalue weighted by molar-refractivity contribution is -0.122. The van der Waals surface area contributed by atoms with E-state index in [4.69, 9.17) is 14.2 Å². The highest BCUT2D eigenvalue weighted by Crippen LogP contribution is 2.35. The first-order chi connectivity index (χ1) is 12.4. The lowest BCUT2D eigenvalue weighted by atomic mass is 10.1. The number of hydrogen-bond acceptors (Lipinski definition) is 5. The van der Waals surface area contributed by atoms with Crippen LogP contribution in [0.3, 0.4) is 0 Å². The molecule has 1 aliphatic rings. The summed E-state index contributed by atoms with van der Waals surface area (Å²) in [5.74, 6) is 0.851. The molecule has 0 saturated heterocycles. The Balaban J connectivity index is 1.88. The van der Waals surface area contributed by atoms with Gasteiger partial charge in [-0.2, -0.15) is 0 Å². The number of anilines is 2. The number of ether oxygens (including phenoxy) is 3. The lowest BCUT2D eigenvalue weighted by Crippen LogP contribution is -2.34. The lowest BCUT2D eigenvalue weighted by Gasteiger charge is -2.23. The molecule has 0 fully saturated rings. The van der Waals surface area contributed by atoms with E-state index in [0.29, 0.717) is 38.7 Å². The number of benzene rings is 2. The molecule has 0 radical (unpaired) electrons. The molecule has 136 valence electrons. The van der Waals surface area contributed by atoms with Crippen molar-refractivity contribution in [2.45, 2.75) is 13.0 Å². The van der Waals surface area contributed by atoms with Crippen LogP contribution in [0.25, 0.3) is 0 Å². The third-order valence-electron chi connectivity index (χ3n) is 3.87. The molecule has 1 heterocycles. The van der Waals surface area contributed by atoms with Gasteiger partial charge in [0, 0.05) is 5.69 Å². The summed E-state index contributed by atoms with van der Waals surface area (Å²) in [5.41, 5.74) is 1.32. The van der Waals surface area contributed by atoms with Gasteiger partial charge < -0.3 is 24.8 Å². The molecule has 2 aromatic carbocycles. The van der Waals surface area contributed by atoms with E-state index in [-0.39, 0.29) is 11.8 Å². The summed E-state index contributed by atoms with van der Waals surface area (Å²) in [5, 5.41) is 5.53. The third kappa shape index (κ3) is 3.45. The number of amides is 2. The van der Waals surface area contributed by atoms with E-state index in [1.807, 2.05) is 0 Å². The Hall–Kier alpha value is -2.74. The van der Waals surface area contributed by atoms with Gasteiger partial charge in [0.05, 0.1) is 29.9 Å². The molecule has 7 nitrogen and oxygen atoms in total. The molecule has 2 aromatic rings. The van der Waals surface area contributed by atoms with E-state index in [1.54, 1.807) is 37.3 Å². The minimum Gasteiger partial charge on any atom is -0.497 e. The number of carbonyl (C=O) groups is 2. The summed E-state index contributed by atoms with van der Waals surface area (Å²) in [7, 11) is 3.00. The van der Waals surface area contributed by atoms with Gasteiger partial charge in [-0.25, -0.2) is 0 Å². The summed E-state index contributed by atoms with van der Waals surface area (Å²) in [6.45, 7) is 1.67. The Morgan fingerprint density at radius 2 is 2.00 bits per heavy atom. The van der Waals surface area contributed by atoms with E-state index >= 15 is 0 Å². The van der Waals surface area contributed by atoms with Crippen LogP contribution in [0.15, 0.2) is 34.8 Å². The minimum atomic E-state index is -0.554. The largest absolute Gasteiger partial charge is 0.497 e. The molecule has 1 atom stereocenters. The van der Waals surface area contributed by atoms with Gasteiger partial charge in [0.15, 0.2) is 6.10 Å². The van der Waals surface area contributed by atoms with Gasteiger partial charge in [-0.1, -0.05) is 0 Å². The van der Waals surface area contributed by atoms with Crippen molar-refractivity contribution in [3.05, 3.63) is 40.4 Å². The van der Waals surface area contributed by atoms with Crippen LogP contribution >= 0.6 is 15.9 Å². The predicted molar refractivity (Wildman–Crippen MR) is 100 cm³/mol. The van der Waals surface area contributed by atoms with Crippen LogP contribution in [0, 0.1) is 0 Å². The van der Waals surface area contributed by atoms with Gasteiger partial charge in [-0.15, -0.1) is 0 Å². The Morgan fingerprint density at radius 1 is 1.23 bits per heavy atom. The molecule has 3 rings (SSSR count). The molecular weight excluding hydrogens is 404 g/mol. The first-order valence-corrected chi connectivity index (χ1v) is 8.56. The van der Waals surface area contributed by atoms with Crippen LogP contribution in [-0.4, -0.2) is 32.1 Å². The predicted octanol–water partition coefficient (Wildman–Crippen LogP) is 3.44. The topological polar surface area (TPSA) is 85.9 Å². The second kappa shape index (κ2) is 7.25. The molecule has 0 saturated carbocycles. The van der Waals surface area contributed by atoms with Crippen molar-refractivity contribution in [2.24, 2.45) is 0 Å². The number of fused-ring (bicyclic) bond motifs is 1. The first-order valence-electron chi connectivity index (χ1n) is 7.77. The van der Waals surface area contributed by atoms with Crippen molar-refractivity contribution in [3.8, 4) is 17.2 Å². The maximum atomic E-state index is 12.7. The third-order valence-corrected chi connectivity index (χ3v) is 4.46. The van der Waals surface area contributed by atoms with Gasteiger partial charge >= 0.3 is 0 Å². The molecule has 8 heteroatoms. The molecule has 0 unspecified atom stereocenters. The SMILES string of the molecule is COc1cc(Br)c(OC)c(C(=O)Nc2ccc3c(c2)NC(=O)[C@H](C)O3)c1. The van der Waals surface area contributed by atoms with E-state index < -0.39 is 6.10 Å². The van der Waals surface area contributed by atoms with Gasteiger partial charge in [-0.3, -0.25) is 9.59 Å². The van der Waals surface area contributed by atoms with E-state index in [2.05, 4.69) is 26.6 Å². The zero-order chi connectivity index (χ0) is 18.8. The summed E-state index contributed by atoms with van der Waals surface area (Å²) >= 11 is 3.37. The van der Waals surface area contributed by atoms with Gasteiger partial charge in [0.25, 0.3) is 11.8 Å². The molecule has 2 amide bonds. The number of nitrogens with one attached hydrogen (secondary N) is 2. The molecule has 0 aliphatic carbocycles. The number of hydrogen-bond donors (Lipinski definition) is 2. The van der Waals surface area contributed by atoms with Gasteiger partial charge in [0.2, 0.25) is 0 Å². The van der Waals surface area contributed by atoms with E-state index in [0.717, 1.165) is 0 Å². The standard InChI is InChI=1S/C18H17BrN2O5/c1-9-17(22)21-14-6-10(4-5-15(14)26-9)20-18(23)12-7-11(24-2)8-13(19)16(12)25-3/h4-9H,1-3H3,(H,20,23)(H,21,22)/t9-/m0/s1. The van der Waals surface area contributed by atoms with Crippen LogP contribution in [0.4, 0.5) is 11.4 Å². The van der Waals surface area contributed by atoms with E-state index in [9.17, 15) is 9.59 Å². The fourth-order valence-electron chi connectivity index (χ4n) is 2.55. The molecule has 0 spiro atoms. The van der Waals surface area contributed by atoms with Crippen molar-refractivity contribution < 1.29 is 23.8 Å². The number of carbonyl (C=O) groups excluding carboxylic acids is 2. The molecule has 26 heavy (non-hydrogen) atoms. The van der Waals surface area contributed by atoms with Crippen LogP contribution in [0.2, 0.25) is 0 Å². The van der Waals surface area contributed by atoms with Gasteiger partial charge in [-0.05, 0) is 53.2 Å². The number of methoxy groups -OCH3 is 2. The second-order valence-electron chi connectivity index (χ2n) is 5.60. The van der Waals surface area contributed by atoms with Crippen molar-refractivity contribution >= 4 is 39.1 Å². The fraction of sp³-hybridized carbons (Fsp3) is 0.222. The zero-order valence-electron chi connectivity index (χ0n) is 14.4. The Kier molecular flexibility index (Phi) is 5.03. The average molecular weight is 421 g/mol. The van der Waals surface area contributed by atoms with Crippen molar-refractivity contribution in [2.75, 3.05) is 24.9 Å². The summed E-state index contributed by atoms with van der Waals surface area (Å²) in [4.78, 5) is 24.5. The molecule has 2 N–H and O–H groups in total. The smallest absolute Gasteiger partial charge is 0.265 e. The summed E-state index contributed by atoms with van der Waals surface area (Å²) in [6, 6.07) is 8.33.